The van der Waals surface area contributed by atoms with Gasteiger partial charge in [-0.2, -0.15) is 13.2 Å². The molecule has 0 aliphatic carbocycles. The first-order valence-corrected chi connectivity index (χ1v) is 8.03. The molecule has 2 nitrogen and oxygen atoms in total. The summed E-state index contributed by atoms with van der Waals surface area (Å²) in [4.78, 5) is 2.10. The van der Waals surface area contributed by atoms with Gasteiger partial charge in [-0.1, -0.05) is 19.9 Å². The lowest BCUT2D eigenvalue weighted by Crippen LogP contribution is -2.31. The number of rotatable bonds is 5. The summed E-state index contributed by atoms with van der Waals surface area (Å²) in [6, 6.07) is 4.14. The smallest absolute Gasteiger partial charge is 0.371 e. The van der Waals surface area contributed by atoms with Gasteiger partial charge in [-0.05, 0) is 49.4 Å². The molecule has 1 aromatic carbocycles. The Balaban J connectivity index is 2.22. The van der Waals surface area contributed by atoms with Gasteiger partial charge in [0.2, 0.25) is 0 Å². The molecule has 1 N–H and O–H groups in total. The zero-order valence-electron chi connectivity index (χ0n) is 13.3. The maximum atomic E-state index is 13.0. The average molecular weight is 314 g/mol. The van der Waals surface area contributed by atoms with Crippen LogP contribution in [-0.4, -0.2) is 19.6 Å². The normalized spacial score (nSPS) is 16.4. The van der Waals surface area contributed by atoms with Gasteiger partial charge in [0.1, 0.15) is 0 Å². The van der Waals surface area contributed by atoms with Crippen molar-refractivity contribution in [1.82, 2.24) is 5.32 Å². The molecule has 0 amide bonds. The van der Waals surface area contributed by atoms with Crippen molar-refractivity contribution in [1.29, 1.82) is 0 Å². The van der Waals surface area contributed by atoms with E-state index in [0.29, 0.717) is 12.5 Å². The van der Waals surface area contributed by atoms with E-state index in [1.807, 2.05) is 0 Å². The molecule has 1 heterocycles. The third-order valence-corrected chi connectivity index (χ3v) is 3.98. The van der Waals surface area contributed by atoms with Crippen LogP contribution in [0, 0.1) is 5.92 Å². The summed E-state index contributed by atoms with van der Waals surface area (Å²) >= 11 is 0. The summed E-state index contributed by atoms with van der Waals surface area (Å²) in [7, 11) is 0. The molecule has 0 spiro atoms. The van der Waals surface area contributed by atoms with Crippen LogP contribution in [0.5, 0.6) is 0 Å². The molecule has 1 aliphatic rings. The Bertz CT molecular complexity index is 477. The second-order valence-electron chi connectivity index (χ2n) is 6.41. The van der Waals surface area contributed by atoms with Gasteiger partial charge >= 0.3 is 6.18 Å². The van der Waals surface area contributed by atoms with Gasteiger partial charge in [-0.25, -0.2) is 0 Å². The van der Waals surface area contributed by atoms with E-state index in [0.717, 1.165) is 50.1 Å². The van der Waals surface area contributed by atoms with Gasteiger partial charge < -0.3 is 10.2 Å². The molecule has 1 aromatic rings. The number of hydrogen-bond acceptors (Lipinski definition) is 2. The maximum absolute atomic E-state index is 13.0. The largest absolute Gasteiger partial charge is 0.416 e. The van der Waals surface area contributed by atoms with Crippen LogP contribution in [-0.2, 0) is 12.7 Å². The number of piperidine rings is 1. The molecule has 1 aliphatic heterocycles. The maximum Gasteiger partial charge on any atom is 0.416 e. The molecule has 0 atom stereocenters. The van der Waals surface area contributed by atoms with Crippen LogP contribution in [0.2, 0.25) is 0 Å². The van der Waals surface area contributed by atoms with Crippen molar-refractivity contribution in [2.75, 3.05) is 24.5 Å². The average Bonchev–Trinajstić information content (AvgIpc) is 2.47. The quantitative estimate of drug-likeness (QED) is 0.864. The van der Waals surface area contributed by atoms with Crippen LogP contribution in [0.15, 0.2) is 18.2 Å². The topological polar surface area (TPSA) is 15.3 Å². The van der Waals surface area contributed by atoms with Gasteiger partial charge in [-0.15, -0.1) is 0 Å². The molecule has 5 heteroatoms. The minimum absolute atomic E-state index is 0.521. The fourth-order valence-corrected chi connectivity index (χ4v) is 2.81. The first kappa shape index (κ1) is 17.1. The van der Waals surface area contributed by atoms with Crippen molar-refractivity contribution in [3.05, 3.63) is 29.3 Å². The molecule has 0 saturated carbocycles. The van der Waals surface area contributed by atoms with Gasteiger partial charge in [-0.3, -0.25) is 0 Å². The fraction of sp³-hybridized carbons (Fsp3) is 0.647. The molecular formula is C17H25F3N2. The summed E-state index contributed by atoms with van der Waals surface area (Å²) in [6.45, 7) is 7.40. The number of benzene rings is 1. The molecular weight excluding hydrogens is 289 g/mol. The molecule has 1 saturated heterocycles. The van der Waals surface area contributed by atoms with Crippen molar-refractivity contribution in [3.63, 3.8) is 0 Å². The molecule has 0 aromatic heterocycles. The molecule has 1 fully saturated rings. The van der Waals surface area contributed by atoms with E-state index in [2.05, 4.69) is 24.1 Å². The van der Waals surface area contributed by atoms with Crippen LogP contribution in [0.25, 0.3) is 0 Å². The van der Waals surface area contributed by atoms with Crippen LogP contribution >= 0.6 is 0 Å². The van der Waals surface area contributed by atoms with E-state index >= 15 is 0 Å². The summed E-state index contributed by atoms with van der Waals surface area (Å²) in [5, 5.41) is 3.33. The number of alkyl halides is 3. The van der Waals surface area contributed by atoms with Crippen molar-refractivity contribution in [3.8, 4) is 0 Å². The summed E-state index contributed by atoms with van der Waals surface area (Å²) in [5.74, 6) is 0.521. The first-order valence-electron chi connectivity index (χ1n) is 8.03. The minimum atomic E-state index is -4.28. The fourth-order valence-electron chi connectivity index (χ4n) is 2.81. The van der Waals surface area contributed by atoms with Crippen LogP contribution in [0.3, 0.4) is 0 Å². The number of hydrogen-bond donors (Lipinski definition) is 1. The van der Waals surface area contributed by atoms with Crippen molar-refractivity contribution in [2.24, 2.45) is 5.92 Å². The Morgan fingerprint density at radius 1 is 1.14 bits per heavy atom. The predicted molar refractivity (Wildman–Crippen MR) is 84.1 cm³/mol. The SMILES string of the molecule is CC(C)CNCc1ccc(C(F)(F)F)cc1N1CCCCC1. The van der Waals surface area contributed by atoms with Gasteiger partial charge in [0.25, 0.3) is 0 Å². The molecule has 22 heavy (non-hydrogen) atoms. The third kappa shape index (κ3) is 4.63. The highest BCUT2D eigenvalue weighted by molar-refractivity contribution is 5.56. The molecule has 0 bridgehead atoms. The second-order valence-corrected chi connectivity index (χ2v) is 6.41. The summed E-state index contributed by atoms with van der Waals surface area (Å²) in [5.41, 5.74) is 1.14. The monoisotopic (exact) mass is 314 g/mol. The number of halogens is 3. The van der Waals surface area contributed by atoms with Gasteiger partial charge in [0, 0.05) is 25.3 Å². The van der Waals surface area contributed by atoms with Crippen molar-refractivity contribution < 1.29 is 13.2 Å². The van der Waals surface area contributed by atoms with E-state index in [4.69, 9.17) is 0 Å². The number of anilines is 1. The van der Waals surface area contributed by atoms with Crippen LogP contribution < -0.4 is 10.2 Å². The molecule has 2 rings (SSSR count). The minimum Gasteiger partial charge on any atom is -0.371 e. The van der Waals surface area contributed by atoms with Gasteiger partial charge in [0.05, 0.1) is 5.56 Å². The highest BCUT2D eigenvalue weighted by Gasteiger charge is 2.31. The van der Waals surface area contributed by atoms with Gasteiger partial charge in [0.15, 0.2) is 0 Å². The number of nitrogens with zero attached hydrogens (tertiary/aromatic N) is 1. The molecule has 124 valence electrons. The van der Waals surface area contributed by atoms with E-state index < -0.39 is 11.7 Å². The highest BCUT2D eigenvalue weighted by Crippen LogP contribution is 2.34. The predicted octanol–water partition coefficient (Wildman–Crippen LogP) is 4.44. The van der Waals surface area contributed by atoms with Crippen molar-refractivity contribution >= 4 is 5.69 Å². The number of nitrogens with one attached hydrogen (secondary N) is 1. The molecule has 0 radical (unpaired) electrons. The van der Waals surface area contributed by atoms with E-state index in [1.54, 1.807) is 6.07 Å². The zero-order chi connectivity index (χ0) is 16.2. The lowest BCUT2D eigenvalue weighted by Gasteiger charge is -2.31. The lowest BCUT2D eigenvalue weighted by atomic mass is 10.0. The van der Waals surface area contributed by atoms with E-state index in [1.165, 1.54) is 12.1 Å². The third-order valence-electron chi connectivity index (χ3n) is 3.98. The summed E-state index contributed by atoms with van der Waals surface area (Å²) < 4.78 is 39.0. The Morgan fingerprint density at radius 2 is 1.82 bits per heavy atom. The zero-order valence-corrected chi connectivity index (χ0v) is 13.3. The highest BCUT2D eigenvalue weighted by atomic mass is 19.4. The van der Waals surface area contributed by atoms with Crippen LogP contribution in [0.4, 0.5) is 18.9 Å². The molecule has 0 unspecified atom stereocenters. The van der Waals surface area contributed by atoms with E-state index in [-0.39, 0.29) is 0 Å². The van der Waals surface area contributed by atoms with E-state index in [9.17, 15) is 13.2 Å². The Kier molecular flexibility index (Phi) is 5.73. The summed E-state index contributed by atoms with van der Waals surface area (Å²) in [6.07, 6.45) is -1.02. The lowest BCUT2D eigenvalue weighted by molar-refractivity contribution is -0.137. The Morgan fingerprint density at radius 3 is 2.41 bits per heavy atom. The Hall–Kier alpha value is -1.23. The first-order chi connectivity index (χ1) is 10.4. The van der Waals surface area contributed by atoms with Crippen molar-refractivity contribution in [2.45, 2.75) is 45.8 Å². The Labute approximate surface area is 130 Å². The van der Waals surface area contributed by atoms with Crippen LogP contribution in [0.1, 0.15) is 44.2 Å². The standard InChI is InChI=1S/C17H25F3N2/c1-13(2)11-21-12-14-6-7-15(17(18,19)20)10-16(14)22-8-4-3-5-9-22/h6-7,10,13,21H,3-5,8-9,11-12H2,1-2H3. The second kappa shape index (κ2) is 7.36.